The number of nitrogens with one attached hydrogen (secondary N) is 1. The van der Waals surface area contributed by atoms with Gasteiger partial charge in [-0.15, -0.1) is 0 Å². The highest BCUT2D eigenvalue weighted by atomic mass is 16.6. The summed E-state index contributed by atoms with van der Waals surface area (Å²) in [5.41, 5.74) is 1.35. The lowest BCUT2D eigenvalue weighted by Crippen LogP contribution is -2.40. The SMILES string of the molecule is CC(C)=CC1C(C(=O)NCC2COCCO2)C1(C)C. The van der Waals surface area contributed by atoms with Crippen LogP contribution in [0.15, 0.2) is 11.6 Å². The Morgan fingerprint density at radius 2 is 2.11 bits per heavy atom. The monoisotopic (exact) mass is 267 g/mol. The number of carbonyl (C=O) groups excluding carboxylic acids is 1. The molecule has 4 nitrogen and oxygen atoms in total. The van der Waals surface area contributed by atoms with Crippen LogP contribution in [0.1, 0.15) is 27.7 Å². The van der Waals surface area contributed by atoms with E-state index in [0.29, 0.717) is 32.3 Å². The summed E-state index contributed by atoms with van der Waals surface area (Å²) in [5.74, 6) is 0.592. The molecule has 1 heterocycles. The Balaban J connectivity index is 1.82. The van der Waals surface area contributed by atoms with E-state index in [2.05, 4.69) is 39.1 Å². The van der Waals surface area contributed by atoms with Crippen molar-refractivity contribution in [3.8, 4) is 0 Å². The maximum absolute atomic E-state index is 12.2. The Bertz CT molecular complexity index is 366. The van der Waals surface area contributed by atoms with E-state index in [9.17, 15) is 4.79 Å². The summed E-state index contributed by atoms with van der Waals surface area (Å²) in [6.45, 7) is 10.9. The zero-order valence-electron chi connectivity index (χ0n) is 12.4. The first kappa shape index (κ1) is 14.5. The van der Waals surface area contributed by atoms with Crippen molar-refractivity contribution < 1.29 is 14.3 Å². The fourth-order valence-corrected chi connectivity index (χ4v) is 2.83. The molecule has 2 aliphatic rings. The molecule has 2 rings (SSSR count). The molecule has 0 aromatic heterocycles. The van der Waals surface area contributed by atoms with Gasteiger partial charge < -0.3 is 14.8 Å². The van der Waals surface area contributed by atoms with Crippen molar-refractivity contribution in [2.75, 3.05) is 26.4 Å². The smallest absolute Gasteiger partial charge is 0.224 e. The lowest BCUT2D eigenvalue weighted by atomic mass is 10.1. The third kappa shape index (κ3) is 3.37. The molecule has 1 amide bonds. The number of hydrogen-bond acceptors (Lipinski definition) is 3. The van der Waals surface area contributed by atoms with Gasteiger partial charge in [0, 0.05) is 6.54 Å². The minimum atomic E-state index is 0.00136. The first-order valence-electron chi connectivity index (χ1n) is 7.05. The molecule has 1 aliphatic heterocycles. The Morgan fingerprint density at radius 3 is 2.68 bits per heavy atom. The summed E-state index contributed by atoms with van der Waals surface area (Å²) in [6, 6.07) is 0. The van der Waals surface area contributed by atoms with Crippen molar-refractivity contribution in [1.82, 2.24) is 5.32 Å². The molecule has 0 aromatic rings. The highest BCUT2D eigenvalue weighted by Crippen LogP contribution is 2.59. The molecule has 1 N–H and O–H groups in total. The van der Waals surface area contributed by atoms with Gasteiger partial charge in [-0.3, -0.25) is 4.79 Å². The zero-order valence-corrected chi connectivity index (χ0v) is 12.4. The number of hydrogen-bond donors (Lipinski definition) is 1. The van der Waals surface area contributed by atoms with E-state index in [1.54, 1.807) is 0 Å². The first-order valence-corrected chi connectivity index (χ1v) is 7.05. The highest BCUT2D eigenvalue weighted by Gasteiger charge is 2.60. The largest absolute Gasteiger partial charge is 0.376 e. The summed E-state index contributed by atoms with van der Waals surface area (Å²) >= 11 is 0. The van der Waals surface area contributed by atoms with Crippen molar-refractivity contribution in [1.29, 1.82) is 0 Å². The third-order valence-corrected chi connectivity index (χ3v) is 4.09. The van der Waals surface area contributed by atoms with Crippen LogP contribution >= 0.6 is 0 Å². The standard InChI is InChI=1S/C15H25NO3/c1-10(2)7-12-13(15(12,3)4)14(17)16-8-11-9-18-5-6-19-11/h7,11-13H,5-6,8-9H2,1-4H3,(H,16,17). The van der Waals surface area contributed by atoms with Gasteiger partial charge in [0.15, 0.2) is 0 Å². The van der Waals surface area contributed by atoms with Crippen LogP contribution in [-0.2, 0) is 14.3 Å². The van der Waals surface area contributed by atoms with Gasteiger partial charge in [-0.2, -0.15) is 0 Å². The van der Waals surface area contributed by atoms with Crippen LogP contribution in [0.4, 0.5) is 0 Å². The number of amides is 1. The van der Waals surface area contributed by atoms with Crippen LogP contribution in [-0.4, -0.2) is 38.4 Å². The van der Waals surface area contributed by atoms with E-state index in [1.807, 2.05) is 0 Å². The molecule has 19 heavy (non-hydrogen) atoms. The minimum absolute atomic E-state index is 0.00136. The molecule has 0 radical (unpaired) electrons. The Hall–Kier alpha value is -0.870. The molecule has 1 saturated heterocycles. The van der Waals surface area contributed by atoms with E-state index in [0.717, 1.165) is 0 Å². The molecule has 0 aromatic carbocycles. The zero-order chi connectivity index (χ0) is 14.0. The average molecular weight is 267 g/mol. The second kappa shape index (κ2) is 5.63. The number of allylic oxidation sites excluding steroid dienone is 2. The normalized spacial score (nSPS) is 32.5. The van der Waals surface area contributed by atoms with Crippen LogP contribution < -0.4 is 5.32 Å². The van der Waals surface area contributed by atoms with Crippen molar-refractivity contribution in [2.45, 2.75) is 33.8 Å². The van der Waals surface area contributed by atoms with Crippen molar-refractivity contribution >= 4 is 5.91 Å². The van der Waals surface area contributed by atoms with E-state index in [4.69, 9.17) is 9.47 Å². The number of rotatable bonds is 4. The Kier molecular flexibility index (Phi) is 4.31. The van der Waals surface area contributed by atoms with E-state index in [1.165, 1.54) is 5.57 Å². The molecular formula is C15H25NO3. The van der Waals surface area contributed by atoms with Crippen LogP contribution in [0.5, 0.6) is 0 Å². The predicted octanol–water partition coefficient (Wildman–Crippen LogP) is 1.76. The second-order valence-corrected chi connectivity index (χ2v) is 6.38. The first-order chi connectivity index (χ1) is 8.93. The van der Waals surface area contributed by atoms with E-state index in [-0.39, 0.29) is 23.3 Å². The number of ether oxygens (including phenoxy) is 2. The fourth-order valence-electron chi connectivity index (χ4n) is 2.83. The van der Waals surface area contributed by atoms with Gasteiger partial charge in [0.05, 0.1) is 31.8 Å². The van der Waals surface area contributed by atoms with Crippen LogP contribution in [0.3, 0.4) is 0 Å². The number of carbonyl (C=O) groups is 1. The van der Waals surface area contributed by atoms with Gasteiger partial charge in [-0.25, -0.2) is 0 Å². The molecule has 1 saturated carbocycles. The summed E-state index contributed by atoms with van der Waals surface area (Å²) in [6.07, 6.45) is 2.21. The van der Waals surface area contributed by atoms with Crippen molar-refractivity contribution in [3.63, 3.8) is 0 Å². The molecule has 0 bridgehead atoms. The van der Waals surface area contributed by atoms with Gasteiger partial charge in [0.1, 0.15) is 0 Å². The van der Waals surface area contributed by atoms with Crippen molar-refractivity contribution in [2.24, 2.45) is 17.3 Å². The summed E-state index contributed by atoms with van der Waals surface area (Å²) in [4.78, 5) is 12.2. The van der Waals surface area contributed by atoms with Gasteiger partial charge in [0.2, 0.25) is 5.91 Å². The van der Waals surface area contributed by atoms with E-state index < -0.39 is 0 Å². The predicted molar refractivity (Wildman–Crippen MR) is 73.8 cm³/mol. The maximum Gasteiger partial charge on any atom is 0.224 e. The van der Waals surface area contributed by atoms with Gasteiger partial charge in [-0.1, -0.05) is 25.5 Å². The minimum Gasteiger partial charge on any atom is -0.376 e. The summed E-state index contributed by atoms with van der Waals surface area (Å²) in [7, 11) is 0. The maximum atomic E-state index is 12.2. The quantitative estimate of drug-likeness (QED) is 0.790. The van der Waals surface area contributed by atoms with Crippen LogP contribution in [0.25, 0.3) is 0 Å². The van der Waals surface area contributed by atoms with E-state index >= 15 is 0 Å². The highest BCUT2D eigenvalue weighted by molar-refractivity contribution is 5.83. The van der Waals surface area contributed by atoms with Gasteiger partial charge in [-0.05, 0) is 25.2 Å². The van der Waals surface area contributed by atoms with Gasteiger partial charge in [0.25, 0.3) is 0 Å². The summed E-state index contributed by atoms with van der Waals surface area (Å²) < 4.78 is 10.8. The Morgan fingerprint density at radius 1 is 1.37 bits per heavy atom. The van der Waals surface area contributed by atoms with Crippen LogP contribution in [0, 0.1) is 17.3 Å². The van der Waals surface area contributed by atoms with Crippen LogP contribution in [0.2, 0.25) is 0 Å². The Labute approximate surface area is 115 Å². The molecule has 3 unspecified atom stereocenters. The summed E-state index contributed by atoms with van der Waals surface area (Å²) in [5, 5.41) is 3.00. The molecule has 108 valence electrons. The third-order valence-electron chi connectivity index (χ3n) is 4.09. The molecule has 4 heteroatoms. The lowest BCUT2D eigenvalue weighted by molar-refractivity contribution is -0.125. The fraction of sp³-hybridized carbons (Fsp3) is 0.800. The molecule has 3 atom stereocenters. The molecule has 2 fully saturated rings. The molecular weight excluding hydrogens is 242 g/mol. The van der Waals surface area contributed by atoms with Gasteiger partial charge >= 0.3 is 0 Å². The molecule has 1 aliphatic carbocycles. The second-order valence-electron chi connectivity index (χ2n) is 6.38. The topological polar surface area (TPSA) is 47.6 Å². The molecule has 0 spiro atoms. The van der Waals surface area contributed by atoms with Crippen molar-refractivity contribution in [3.05, 3.63) is 11.6 Å². The lowest BCUT2D eigenvalue weighted by Gasteiger charge is -2.23. The average Bonchev–Trinajstić information content (AvgIpc) is 2.88.